The highest BCUT2D eigenvalue weighted by Crippen LogP contribution is 2.19. The van der Waals surface area contributed by atoms with Crippen molar-refractivity contribution in [2.24, 2.45) is 0 Å². The zero-order valence-corrected chi connectivity index (χ0v) is 14.7. The average Bonchev–Trinajstić information content (AvgIpc) is 2.67. The van der Waals surface area contributed by atoms with Gasteiger partial charge in [0.05, 0.1) is 12.2 Å². The summed E-state index contributed by atoms with van der Waals surface area (Å²) in [6.07, 6.45) is 3.64. The number of hydrogen-bond donors (Lipinski definition) is 2. The van der Waals surface area contributed by atoms with Gasteiger partial charge in [0.15, 0.2) is 0 Å². The van der Waals surface area contributed by atoms with Crippen LogP contribution in [0.15, 0.2) is 46.2 Å². The lowest BCUT2D eigenvalue weighted by atomic mass is 10.0. The van der Waals surface area contributed by atoms with E-state index >= 15 is 0 Å². The molecule has 0 aliphatic carbocycles. The van der Waals surface area contributed by atoms with E-state index in [0.717, 1.165) is 0 Å². The number of carbonyl (C=O) groups excluding carboxylic acids is 1. The second-order valence-electron chi connectivity index (χ2n) is 6.44. The number of hydrogen-bond acceptors (Lipinski definition) is 5. The molecule has 4 heterocycles. The van der Waals surface area contributed by atoms with Crippen molar-refractivity contribution in [3.05, 3.63) is 79.9 Å². The van der Waals surface area contributed by atoms with Crippen LogP contribution in [0.1, 0.15) is 27.3 Å². The van der Waals surface area contributed by atoms with Gasteiger partial charge in [-0.3, -0.25) is 19.4 Å². The first-order valence-electron chi connectivity index (χ1n) is 8.54. The first kappa shape index (κ1) is 16.9. The Labute approximate surface area is 153 Å². The van der Waals surface area contributed by atoms with Crippen molar-refractivity contribution in [2.75, 3.05) is 6.54 Å². The monoisotopic (exact) mass is 363 g/mol. The Hall–Kier alpha value is -3.55. The molecule has 3 aromatic rings. The number of fused-ring (bicyclic) bond motifs is 1. The third-order valence-electron chi connectivity index (χ3n) is 4.58. The summed E-state index contributed by atoms with van der Waals surface area (Å²) >= 11 is 0. The van der Waals surface area contributed by atoms with E-state index in [0.29, 0.717) is 41.3 Å². The van der Waals surface area contributed by atoms with Crippen LogP contribution >= 0.6 is 0 Å². The number of aromatic nitrogens is 4. The number of pyridine rings is 2. The molecule has 4 rings (SSSR count). The van der Waals surface area contributed by atoms with Gasteiger partial charge in [-0.1, -0.05) is 0 Å². The van der Waals surface area contributed by atoms with Crippen LogP contribution in [0.4, 0.5) is 0 Å². The molecule has 0 saturated carbocycles. The quantitative estimate of drug-likeness (QED) is 0.706. The van der Waals surface area contributed by atoms with E-state index in [1.807, 2.05) is 0 Å². The Morgan fingerprint density at radius 3 is 2.74 bits per heavy atom. The lowest BCUT2D eigenvalue weighted by Crippen LogP contribution is -2.41. The van der Waals surface area contributed by atoms with Gasteiger partial charge in [0.2, 0.25) is 0 Å². The molecule has 0 radical (unpaired) electrons. The first-order chi connectivity index (χ1) is 13.0. The maximum Gasteiger partial charge on any atom is 0.260 e. The van der Waals surface area contributed by atoms with Gasteiger partial charge in [-0.25, -0.2) is 4.98 Å². The molecule has 136 valence electrons. The molecular formula is C19H17N5O3. The molecule has 8 heteroatoms. The molecule has 0 fully saturated rings. The summed E-state index contributed by atoms with van der Waals surface area (Å²) in [7, 11) is 0. The van der Waals surface area contributed by atoms with Gasteiger partial charge in [-0.2, -0.15) is 0 Å². The van der Waals surface area contributed by atoms with Crippen molar-refractivity contribution >= 4 is 5.91 Å². The molecule has 0 bridgehead atoms. The standard InChI is InChI=1S/C19H17N5O3/c1-11-4-5-14(18(26)21-11)19(27)24-8-6-13-15(10-24)22-16(23-17(13)25)12-3-2-7-20-9-12/h2-5,7,9H,6,8,10H2,1H3,(H,21,26)(H,22,23,25). The maximum absolute atomic E-state index is 12.8. The molecule has 3 aromatic heterocycles. The highest BCUT2D eigenvalue weighted by molar-refractivity contribution is 5.94. The fourth-order valence-electron chi connectivity index (χ4n) is 3.16. The molecule has 1 amide bonds. The summed E-state index contributed by atoms with van der Waals surface area (Å²) in [5.74, 6) is 0.0428. The average molecular weight is 363 g/mol. The Kier molecular flexibility index (Phi) is 4.15. The van der Waals surface area contributed by atoms with Crippen LogP contribution in [-0.4, -0.2) is 37.3 Å². The topological polar surface area (TPSA) is 112 Å². The summed E-state index contributed by atoms with van der Waals surface area (Å²) in [5, 5.41) is 0. The fourth-order valence-corrected chi connectivity index (χ4v) is 3.16. The zero-order chi connectivity index (χ0) is 19.0. The van der Waals surface area contributed by atoms with Gasteiger partial charge in [0, 0.05) is 35.8 Å². The van der Waals surface area contributed by atoms with Crippen molar-refractivity contribution < 1.29 is 4.79 Å². The summed E-state index contributed by atoms with van der Waals surface area (Å²) in [5.41, 5.74) is 1.96. The second kappa shape index (κ2) is 6.64. The molecule has 0 unspecified atom stereocenters. The predicted molar refractivity (Wildman–Crippen MR) is 98.3 cm³/mol. The number of nitrogens with one attached hydrogen (secondary N) is 2. The minimum atomic E-state index is -0.416. The molecule has 1 aliphatic rings. The Morgan fingerprint density at radius 2 is 2.00 bits per heavy atom. The summed E-state index contributed by atoms with van der Waals surface area (Å²) in [4.78, 5) is 52.8. The van der Waals surface area contributed by atoms with Crippen LogP contribution in [0, 0.1) is 6.92 Å². The number of H-pyrrole nitrogens is 2. The minimum Gasteiger partial charge on any atom is -0.332 e. The highest BCUT2D eigenvalue weighted by Gasteiger charge is 2.26. The first-order valence-corrected chi connectivity index (χ1v) is 8.54. The number of amides is 1. The second-order valence-corrected chi connectivity index (χ2v) is 6.44. The molecule has 0 atom stereocenters. The van der Waals surface area contributed by atoms with Crippen molar-refractivity contribution in [1.29, 1.82) is 0 Å². The maximum atomic E-state index is 12.8. The summed E-state index contributed by atoms with van der Waals surface area (Å²) in [6.45, 7) is 2.29. The van der Waals surface area contributed by atoms with Gasteiger partial charge in [-0.15, -0.1) is 0 Å². The number of aromatic amines is 2. The lowest BCUT2D eigenvalue weighted by Gasteiger charge is -2.27. The number of nitrogens with zero attached hydrogens (tertiary/aromatic N) is 3. The third-order valence-corrected chi connectivity index (χ3v) is 4.58. The van der Waals surface area contributed by atoms with Crippen LogP contribution in [0.2, 0.25) is 0 Å². The van der Waals surface area contributed by atoms with Crippen LogP contribution in [0.3, 0.4) is 0 Å². The largest absolute Gasteiger partial charge is 0.332 e. The smallest absolute Gasteiger partial charge is 0.260 e. The van der Waals surface area contributed by atoms with Crippen LogP contribution < -0.4 is 11.1 Å². The number of aryl methyl sites for hydroxylation is 1. The van der Waals surface area contributed by atoms with Crippen LogP contribution in [0.5, 0.6) is 0 Å². The normalized spacial score (nSPS) is 13.3. The van der Waals surface area contributed by atoms with E-state index in [9.17, 15) is 14.4 Å². The SMILES string of the molecule is Cc1ccc(C(=O)N2CCc3c(nc(-c4cccnc4)[nH]c3=O)C2)c(=O)[nH]1. The van der Waals surface area contributed by atoms with Crippen molar-refractivity contribution in [3.63, 3.8) is 0 Å². The van der Waals surface area contributed by atoms with Gasteiger partial charge in [-0.05, 0) is 37.6 Å². The summed E-state index contributed by atoms with van der Waals surface area (Å²) in [6, 6.07) is 6.78. The van der Waals surface area contributed by atoms with Gasteiger partial charge < -0.3 is 14.9 Å². The highest BCUT2D eigenvalue weighted by atomic mass is 16.2. The molecule has 0 saturated heterocycles. The van der Waals surface area contributed by atoms with Crippen molar-refractivity contribution in [2.45, 2.75) is 19.9 Å². The Morgan fingerprint density at radius 1 is 1.15 bits per heavy atom. The molecule has 2 N–H and O–H groups in total. The zero-order valence-electron chi connectivity index (χ0n) is 14.7. The molecule has 27 heavy (non-hydrogen) atoms. The van der Waals surface area contributed by atoms with E-state index in [1.54, 1.807) is 42.4 Å². The molecule has 0 aromatic carbocycles. The van der Waals surface area contributed by atoms with E-state index in [4.69, 9.17) is 0 Å². The lowest BCUT2D eigenvalue weighted by molar-refractivity contribution is 0.0729. The summed E-state index contributed by atoms with van der Waals surface area (Å²) < 4.78 is 0. The van der Waals surface area contributed by atoms with Gasteiger partial charge >= 0.3 is 0 Å². The molecule has 1 aliphatic heterocycles. The minimum absolute atomic E-state index is 0.0846. The molecule has 8 nitrogen and oxygen atoms in total. The van der Waals surface area contributed by atoms with Gasteiger partial charge in [0.25, 0.3) is 17.0 Å². The number of rotatable bonds is 2. The van der Waals surface area contributed by atoms with E-state index in [2.05, 4.69) is 19.9 Å². The van der Waals surface area contributed by atoms with Gasteiger partial charge in [0.1, 0.15) is 11.4 Å². The Balaban J connectivity index is 1.68. The molecular weight excluding hydrogens is 346 g/mol. The van der Waals surface area contributed by atoms with Crippen molar-refractivity contribution in [3.8, 4) is 11.4 Å². The van der Waals surface area contributed by atoms with Crippen molar-refractivity contribution in [1.82, 2.24) is 24.8 Å². The third kappa shape index (κ3) is 3.17. The van der Waals surface area contributed by atoms with E-state index in [1.165, 1.54) is 6.07 Å². The fraction of sp³-hybridized carbons (Fsp3) is 0.211. The Bertz CT molecular complexity index is 1130. The van der Waals surface area contributed by atoms with Crippen LogP contribution in [0.25, 0.3) is 11.4 Å². The number of carbonyl (C=O) groups is 1. The van der Waals surface area contributed by atoms with E-state index < -0.39 is 5.56 Å². The molecule has 0 spiro atoms. The van der Waals surface area contributed by atoms with E-state index in [-0.39, 0.29) is 23.6 Å². The predicted octanol–water partition coefficient (Wildman–Crippen LogP) is 1.03. The van der Waals surface area contributed by atoms with Crippen LogP contribution in [-0.2, 0) is 13.0 Å².